The number of rotatable bonds is 2. The fourth-order valence-electron chi connectivity index (χ4n) is 4.33. The van der Waals surface area contributed by atoms with E-state index in [0.717, 1.165) is 20.3 Å². The number of hydrogen-bond acceptors (Lipinski definition) is 1. The van der Waals surface area contributed by atoms with Crippen LogP contribution in [0.15, 0.2) is 106 Å². The summed E-state index contributed by atoms with van der Waals surface area (Å²) in [6, 6.07) is 34.5. The van der Waals surface area contributed by atoms with Gasteiger partial charge in [0.05, 0.1) is 5.41 Å². The Balaban J connectivity index is 1.99. The fraction of sp³-hybridized carbons (Fsp3) is 0.0400. The number of nitrogens with one attached hydrogen (secondary N) is 1. The zero-order valence-corrected chi connectivity index (χ0v) is 18.2. The lowest BCUT2D eigenvalue weighted by atomic mass is 9.63. The molecule has 1 N–H and O–H groups in total. The summed E-state index contributed by atoms with van der Waals surface area (Å²) in [5, 5.41) is 3.65. The molecule has 0 aromatic heterocycles. The molecular weight excluding hydrogens is 474 g/mol. The Bertz CT molecular complexity index is 1060. The summed E-state index contributed by atoms with van der Waals surface area (Å²) in [5.41, 5.74) is 6.83. The van der Waals surface area contributed by atoms with Crippen molar-refractivity contribution < 1.29 is 0 Å². The molecule has 1 heterocycles. The predicted octanol–water partition coefficient (Wildman–Crippen LogP) is 7.65. The zero-order valence-electron chi connectivity index (χ0n) is 15.0. The second kappa shape index (κ2) is 6.91. The molecule has 1 aliphatic heterocycles. The molecule has 0 unspecified atom stereocenters. The number of benzene rings is 4. The van der Waals surface area contributed by atoms with Crippen molar-refractivity contribution in [2.24, 2.45) is 0 Å². The third kappa shape index (κ3) is 2.65. The molecule has 0 aliphatic carbocycles. The van der Waals surface area contributed by atoms with E-state index < -0.39 is 5.41 Å². The lowest BCUT2D eigenvalue weighted by molar-refractivity contribution is 0.739. The Morgan fingerprint density at radius 2 is 0.964 bits per heavy atom. The molecule has 136 valence electrons. The van der Waals surface area contributed by atoms with Gasteiger partial charge >= 0.3 is 0 Å². The monoisotopic (exact) mass is 489 g/mol. The highest BCUT2D eigenvalue weighted by atomic mass is 79.9. The molecule has 0 bridgehead atoms. The topological polar surface area (TPSA) is 12.0 Å². The Kier molecular flexibility index (Phi) is 4.37. The Hall–Kier alpha value is -2.36. The number of anilines is 2. The number of fused-ring (bicyclic) bond motifs is 2. The highest BCUT2D eigenvalue weighted by Crippen LogP contribution is 2.54. The van der Waals surface area contributed by atoms with Crippen LogP contribution in [0.5, 0.6) is 0 Å². The van der Waals surface area contributed by atoms with E-state index in [9.17, 15) is 0 Å². The first-order valence-corrected chi connectivity index (χ1v) is 10.8. The van der Waals surface area contributed by atoms with Crippen LogP contribution >= 0.6 is 31.9 Å². The molecule has 0 saturated carbocycles. The van der Waals surface area contributed by atoms with Crippen molar-refractivity contribution in [2.45, 2.75) is 5.41 Å². The predicted molar refractivity (Wildman–Crippen MR) is 123 cm³/mol. The van der Waals surface area contributed by atoms with Crippen LogP contribution in [0.4, 0.5) is 11.4 Å². The molecule has 4 aromatic carbocycles. The van der Waals surface area contributed by atoms with Crippen molar-refractivity contribution in [3.8, 4) is 0 Å². The van der Waals surface area contributed by atoms with Gasteiger partial charge in [-0.1, -0.05) is 92.5 Å². The van der Waals surface area contributed by atoms with Gasteiger partial charge in [-0.25, -0.2) is 0 Å². The maximum atomic E-state index is 3.70. The Morgan fingerprint density at radius 3 is 1.39 bits per heavy atom. The van der Waals surface area contributed by atoms with Gasteiger partial charge in [-0.2, -0.15) is 0 Å². The molecule has 0 atom stereocenters. The minimum atomic E-state index is -0.411. The lowest BCUT2D eigenvalue weighted by Crippen LogP contribution is -2.35. The van der Waals surface area contributed by atoms with Crippen LogP contribution in [-0.2, 0) is 5.41 Å². The van der Waals surface area contributed by atoms with E-state index in [4.69, 9.17) is 0 Å². The average Bonchev–Trinajstić information content (AvgIpc) is 2.74. The zero-order chi connectivity index (χ0) is 19.1. The van der Waals surface area contributed by atoms with Crippen LogP contribution in [0, 0.1) is 0 Å². The maximum Gasteiger partial charge on any atom is 0.0742 e. The maximum absolute atomic E-state index is 3.70. The van der Waals surface area contributed by atoms with E-state index in [0.29, 0.717) is 0 Å². The summed E-state index contributed by atoms with van der Waals surface area (Å²) in [4.78, 5) is 0. The summed E-state index contributed by atoms with van der Waals surface area (Å²) in [7, 11) is 0. The van der Waals surface area contributed by atoms with Gasteiger partial charge in [0.2, 0.25) is 0 Å². The highest BCUT2D eigenvalue weighted by Gasteiger charge is 2.44. The quantitative estimate of drug-likeness (QED) is 0.268. The lowest BCUT2D eigenvalue weighted by Gasteiger charge is -2.42. The third-order valence-electron chi connectivity index (χ3n) is 5.45. The minimum Gasteiger partial charge on any atom is -0.355 e. The van der Waals surface area contributed by atoms with Crippen LogP contribution in [-0.4, -0.2) is 0 Å². The summed E-state index contributed by atoms with van der Waals surface area (Å²) in [6.07, 6.45) is 0. The Labute approximate surface area is 181 Å². The molecule has 0 amide bonds. The van der Waals surface area contributed by atoms with Crippen LogP contribution in [0.1, 0.15) is 22.3 Å². The molecular formula is C25H17Br2N. The summed E-state index contributed by atoms with van der Waals surface area (Å²) < 4.78 is 2.14. The first-order valence-electron chi connectivity index (χ1n) is 9.18. The van der Waals surface area contributed by atoms with Gasteiger partial charge in [0.1, 0.15) is 0 Å². The van der Waals surface area contributed by atoms with Crippen molar-refractivity contribution in [1.29, 1.82) is 0 Å². The van der Waals surface area contributed by atoms with E-state index in [1.807, 2.05) is 0 Å². The van der Waals surface area contributed by atoms with E-state index in [-0.39, 0.29) is 0 Å². The van der Waals surface area contributed by atoms with Gasteiger partial charge in [0.15, 0.2) is 0 Å². The second-order valence-electron chi connectivity index (χ2n) is 6.99. The van der Waals surface area contributed by atoms with Crippen molar-refractivity contribution in [1.82, 2.24) is 0 Å². The first kappa shape index (κ1) is 17.7. The molecule has 0 spiro atoms. The third-order valence-corrected chi connectivity index (χ3v) is 6.44. The van der Waals surface area contributed by atoms with Crippen molar-refractivity contribution >= 4 is 43.2 Å². The largest absolute Gasteiger partial charge is 0.355 e. The molecule has 1 nitrogen and oxygen atoms in total. The molecule has 5 rings (SSSR count). The van der Waals surface area contributed by atoms with Crippen LogP contribution in [0.25, 0.3) is 0 Å². The van der Waals surface area contributed by atoms with Crippen molar-refractivity contribution in [3.63, 3.8) is 0 Å². The molecule has 3 heteroatoms. The molecule has 4 aromatic rings. The summed E-state index contributed by atoms with van der Waals surface area (Å²) in [5.74, 6) is 0. The summed E-state index contributed by atoms with van der Waals surface area (Å²) in [6.45, 7) is 0. The molecule has 28 heavy (non-hydrogen) atoms. The van der Waals surface area contributed by atoms with E-state index in [2.05, 4.69) is 134 Å². The van der Waals surface area contributed by atoms with Gasteiger partial charge < -0.3 is 5.32 Å². The standard InChI is InChI=1S/C25H17Br2N/c26-19-11-13-23-21(15-19)25(17-7-3-1-4-8-17,18-9-5-2-6-10-18)22-16-20(27)12-14-24(22)28-23/h1-16,28H. The number of hydrogen-bond donors (Lipinski definition) is 1. The molecule has 0 fully saturated rings. The number of halogens is 2. The fourth-order valence-corrected chi connectivity index (χ4v) is 5.05. The molecule has 0 radical (unpaired) electrons. The SMILES string of the molecule is Brc1ccc2c(c1)C(c1ccccc1)(c1ccccc1)c1cc(Br)ccc1N2. The normalized spacial score (nSPS) is 13.9. The highest BCUT2D eigenvalue weighted by molar-refractivity contribution is 9.10. The van der Waals surface area contributed by atoms with Crippen molar-refractivity contribution in [2.75, 3.05) is 5.32 Å². The average molecular weight is 491 g/mol. The van der Waals surface area contributed by atoms with E-state index >= 15 is 0 Å². The summed E-state index contributed by atoms with van der Waals surface area (Å²) >= 11 is 7.41. The van der Waals surface area contributed by atoms with Gasteiger partial charge in [0, 0.05) is 20.3 Å². The van der Waals surface area contributed by atoms with Crippen LogP contribution in [0.3, 0.4) is 0 Å². The van der Waals surface area contributed by atoms with Gasteiger partial charge in [0.25, 0.3) is 0 Å². The van der Waals surface area contributed by atoms with E-state index in [1.165, 1.54) is 22.3 Å². The first-order chi connectivity index (χ1) is 13.7. The van der Waals surface area contributed by atoms with Gasteiger partial charge in [-0.3, -0.25) is 0 Å². The second-order valence-corrected chi connectivity index (χ2v) is 8.82. The smallest absolute Gasteiger partial charge is 0.0742 e. The van der Waals surface area contributed by atoms with Crippen LogP contribution < -0.4 is 5.32 Å². The van der Waals surface area contributed by atoms with Crippen molar-refractivity contribution in [3.05, 3.63) is 128 Å². The Morgan fingerprint density at radius 1 is 0.536 bits per heavy atom. The van der Waals surface area contributed by atoms with Gasteiger partial charge in [-0.05, 0) is 58.7 Å². The molecule has 0 saturated heterocycles. The van der Waals surface area contributed by atoms with Crippen LogP contribution in [0.2, 0.25) is 0 Å². The minimum absolute atomic E-state index is 0.411. The molecule has 1 aliphatic rings. The van der Waals surface area contributed by atoms with E-state index in [1.54, 1.807) is 0 Å². The van der Waals surface area contributed by atoms with Gasteiger partial charge in [-0.15, -0.1) is 0 Å².